The number of nitrogens with zero attached hydrogens (tertiary/aromatic N) is 4. The average Bonchev–Trinajstić information content (AvgIpc) is 3.45. The summed E-state index contributed by atoms with van der Waals surface area (Å²) in [6, 6.07) is 24.4. The van der Waals surface area contributed by atoms with Crippen molar-refractivity contribution in [2.75, 3.05) is 7.11 Å². The van der Waals surface area contributed by atoms with Gasteiger partial charge in [0.25, 0.3) is 11.2 Å². The lowest BCUT2D eigenvalue weighted by Crippen LogP contribution is -2.20. The molecule has 0 N–H and O–H groups in total. The molecule has 43 heavy (non-hydrogen) atoms. The number of nitro benzene ring substituents is 1. The van der Waals surface area contributed by atoms with Crippen LogP contribution in [0.25, 0.3) is 33.5 Å². The molecule has 6 aromatic rings. The number of hydrogen-bond acceptors (Lipinski definition) is 8. The summed E-state index contributed by atoms with van der Waals surface area (Å²) in [5.41, 5.74) is 2.20. The predicted octanol–water partition coefficient (Wildman–Crippen LogP) is 7.40. The lowest BCUT2D eigenvalue weighted by atomic mass is 10.2. The van der Waals surface area contributed by atoms with Crippen molar-refractivity contribution in [1.29, 1.82) is 0 Å². The Morgan fingerprint density at radius 3 is 2.53 bits per heavy atom. The predicted molar refractivity (Wildman–Crippen MR) is 180 cm³/mol. The minimum atomic E-state index is -0.433. The maximum atomic E-state index is 13.6. The van der Waals surface area contributed by atoms with Crippen LogP contribution in [0.1, 0.15) is 11.1 Å². The Labute approximate surface area is 271 Å². The van der Waals surface area contributed by atoms with E-state index in [9.17, 15) is 14.9 Å². The molecule has 0 aliphatic carbocycles. The van der Waals surface area contributed by atoms with Crippen molar-refractivity contribution in [3.05, 3.63) is 124 Å². The molecule has 0 atom stereocenters. The van der Waals surface area contributed by atoms with Gasteiger partial charge in [-0.3, -0.25) is 14.9 Å². The Kier molecular flexibility index (Phi) is 8.12. The van der Waals surface area contributed by atoms with E-state index >= 15 is 0 Å². The van der Waals surface area contributed by atoms with Gasteiger partial charge in [0.1, 0.15) is 23.7 Å². The largest absolute Gasteiger partial charge is 0.496 e. The number of non-ortho nitro benzene ring substituents is 1. The van der Waals surface area contributed by atoms with Crippen LogP contribution in [0.5, 0.6) is 11.5 Å². The van der Waals surface area contributed by atoms with Crippen LogP contribution in [0, 0.1) is 17.3 Å². The molecule has 6 rings (SSSR count). The minimum Gasteiger partial charge on any atom is -0.496 e. The zero-order valence-electron chi connectivity index (χ0n) is 22.4. The summed E-state index contributed by atoms with van der Waals surface area (Å²) in [5.74, 6) is 1.90. The summed E-state index contributed by atoms with van der Waals surface area (Å²) in [4.78, 5) is 29.0. The fourth-order valence-electron chi connectivity index (χ4n) is 4.54. The second-order valence-corrected chi connectivity index (χ2v) is 11.7. The number of hydrogen-bond donors (Lipinski definition) is 0. The minimum absolute atomic E-state index is 0.0108. The number of aromatic nitrogens is 2. The number of benzene rings is 4. The van der Waals surface area contributed by atoms with Gasteiger partial charge in [-0.1, -0.05) is 30.3 Å². The van der Waals surface area contributed by atoms with Gasteiger partial charge in [0.2, 0.25) is 5.82 Å². The van der Waals surface area contributed by atoms with Gasteiger partial charge >= 0.3 is 0 Å². The molecule has 0 bridgehead atoms. The normalized spacial score (nSPS) is 11.4. The molecular formula is C31H20I2N4O6. The van der Waals surface area contributed by atoms with Gasteiger partial charge in [-0.05, 0) is 98.8 Å². The molecule has 12 heteroatoms. The van der Waals surface area contributed by atoms with E-state index in [2.05, 4.69) is 50.3 Å². The molecule has 10 nitrogen and oxygen atoms in total. The van der Waals surface area contributed by atoms with Crippen molar-refractivity contribution >= 4 is 79.0 Å². The molecule has 0 aliphatic rings. The summed E-state index contributed by atoms with van der Waals surface area (Å²) in [6.45, 7) is 0.172. The number of para-hydroxylation sites is 1. The van der Waals surface area contributed by atoms with E-state index in [-0.39, 0.29) is 23.7 Å². The van der Waals surface area contributed by atoms with Gasteiger partial charge in [-0.25, -0.2) is 4.98 Å². The van der Waals surface area contributed by atoms with Crippen LogP contribution in [-0.2, 0) is 6.61 Å². The maximum absolute atomic E-state index is 13.6. The molecule has 2 heterocycles. The molecule has 0 unspecified atom stereocenters. The van der Waals surface area contributed by atoms with E-state index in [4.69, 9.17) is 18.9 Å². The van der Waals surface area contributed by atoms with Crippen molar-refractivity contribution in [1.82, 2.24) is 9.66 Å². The summed E-state index contributed by atoms with van der Waals surface area (Å²) in [6.07, 6.45) is 1.58. The second-order valence-electron chi connectivity index (χ2n) is 9.33. The summed E-state index contributed by atoms with van der Waals surface area (Å²) >= 11 is 4.33. The van der Waals surface area contributed by atoms with Gasteiger partial charge in [0.15, 0.2) is 5.76 Å². The van der Waals surface area contributed by atoms with Gasteiger partial charge in [0, 0.05) is 12.1 Å². The number of halogens is 2. The highest BCUT2D eigenvalue weighted by molar-refractivity contribution is 14.1. The molecule has 0 amide bonds. The van der Waals surface area contributed by atoms with Crippen molar-refractivity contribution < 1.29 is 18.8 Å². The van der Waals surface area contributed by atoms with Crippen molar-refractivity contribution in [2.24, 2.45) is 5.10 Å². The number of methoxy groups -OCH3 is 1. The van der Waals surface area contributed by atoms with Crippen LogP contribution in [0.4, 0.5) is 5.69 Å². The topological polar surface area (TPSA) is 122 Å². The zero-order chi connectivity index (χ0) is 30.1. The maximum Gasteiger partial charge on any atom is 0.282 e. The first-order valence-electron chi connectivity index (χ1n) is 12.8. The SMILES string of the molecule is COc1cccc2oc(-c3nc4ccccc4c(=O)n3N=Cc3cc(I)c(OCc4cccc([N+](=O)[O-])c4)c(I)c3)cc12. The van der Waals surface area contributed by atoms with E-state index in [1.807, 2.05) is 36.4 Å². The molecule has 0 radical (unpaired) electrons. The Bertz CT molecular complexity index is 2100. The monoisotopic (exact) mass is 798 g/mol. The highest BCUT2D eigenvalue weighted by Gasteiger charge is 2.18. The van der Waals surface area contributed by atoms with Gasteiger partial charge < -0.3 is 13.9 Å². The third-order valence-corrected chi connectivity index (χ3v) is 8.17. The number of fused-ring (bicyclic) bond motifs is 2. The lowest BCUT2D eigenvalue weighted by molar-refractivity contribution is -0.384. The smallest absolute Gasteiger partial charge is 0.282 e. The van der Waals surface area contributed by atoms with Gasteiger partial charge in [-0.2, -0.15) is 9.78 Å². The van der Waals surface area contributed by atoms with Gasteiger partial charge in [0.05, 0.1) is 41.7 Å². The van der Waals surface area contributed by atoms with E-state index in [0.717, 1.165) is 18.1 Å². The molecule has 0 fully saturated rings. The Morgan fingerprint density at radius 2 is 1.77 bits per heavy atom. The third kappa shape index (κ3) is 5.84. The first-order valence-corrected chi connectivity index (χ1v) is 15.0. The van der Waals surface area contributed by atoms with E-state index in [0.29, 0.717) is 39.3 Å². The molecule has 0 aliphatic heterocycles. The highest BCUT2D eigenvalue weighted by atomic mass is 127. The van der Waals surface area contributed by atoms with Crippen molar-refractivity contribution in [3.8, 4) is 23.1 Å². The van der Waals surface area contributed by atoms with Crippen LogP contribution in [0.3, 0.4) is 0 Å². The third-order valence-electron chi connectivity index (χ3n) is 6.56. The van der Waals surface area contributed by atoms with Crippen LogP contribution in [-0.4, -0.2) is 27.9 Å². The molecule has 2 aromatic heterocycles. The number of nitro groups is 1. The summed E-state index contributed by atoms with van der Waals surface area (Å²) in [7, 11) is 1.59. The highest BCUT2D eigenvalue weighted by Crippen LogP contribution is 2.33. The van der Waals surface area contributed by atoms with E-state index in [1.54, 1.807) is 49.7 Å². The van der Waals surface area contributed by atoms with Crippen molar-refractivity contribution in [2.45, 2.75) is 6.61 Å². The van der Waals surface area contributed by atoms with Crippen LogP contribution in [0.15, 0.2) is 99.2 Å². The molecule has 0 saturated heterocycles. The Morgan fingerprint density at radius 1 is 1.00 bits per heavy atom. The quantitative estimate of drug-likeness (QED) is 0.0681. The average molecular weight is 798 g/mol. The summed E-state index contributed by atoms with van der Waals surface area (Å²) in [5, 5.41) is 16.8. The molecule has 214 valence electrons. The second kappa shape index (κ2) is 12.1. The Hall–Kier alpha value is -4.31. The van der Waals surface area contributed by atoms with E-state index < -0.39 is 4.92 Å². The van der Waals surface area contributed by atoms with Crippen LogP contribution in [0.2, 0.25) is 0 Å². The van der Waals surface area contributed by atoms with Crippen molar-refractivity contribution in [3.63, 3.8) is 0 Å². The standard InChI is InChI=1S/C31H20I2N4O6/c1-41-26-10-5-11-27-22(26)15-28(43-27)30-35-25-9-3-2-8-21(25)31(38)36(30)34-16-19-13-23(32)29(24(33)14-19)42-17-18-6-4-7-20(12-18)37(39)40/h2-16H,17H2,1H3. The molecular weight excluding hydrogens is 778 g/mol. The fraction of sp³-hybridized carbons (Fsp3) is 0.0645. The van der Waals surface area contributed by atoms with E-state index in [1.165, 1.54) is 16.8 Å². The summed E-state index contributed by atoms with van der Waals surface area (Å²) < 4.78 is 20.5. The first-order chi connectivity index (χ1) is 20.8. The fourth-order valence-corrected chi connectivity index (χ4v) is 6.67. The number of ether oxygens (including phenoxy) is 2. The first kappa shape index (κ1) is 28.8. The van der Waals surface area contributed by atoms with Gasteiger partial charge in [-0.15, -0.1) is 0 Å². The van der Waals surface area contributed by atoms with Crippen LogP contribution >= 0.6 is 45.2 Å². The lowest BCUT2D eigenvalue weighted by Gasteiger charge is -2.12. The zero-order valence-corrected chi connectivity index (χ0v) is 26.7. The Balaban J connectivity index is 1.36. The van der Waals surface area contributed by atoms with Crippen LogP contribution < -0.4 is 15.0 Å². The number of furan rings is 1. The molecule has 4 aromatic carbocycles. The molecule has 0 saturated carbocycles. The molecule has 0 spiro atoms. The number of rotatable bonds is 8.